The summed E-state index contributed by atoms with van der Waals surface area (Å²) in [4.78, 5) is 24.6. The van der Waals surface area contributed by atoms with Crippen LogP contribution in [0.2, 0.25) is 0 Å². The maximum Gasteiger partial charge on any atom is 0.417 e. The molecule has 2 amide bonds. The highest BCUT2D eigenvalue weighted by molar-refractivity contribution is 7.10. The summed E-state index contributed by atoms with van der Waals surface area (Å²) in [5, 5.41) is 5.45. The second-order valence-corrected chi connectivity index (χ2v) is 6.60. The van der Waals surface area contributed by atoms with E-state index >= 15 is 0 Å². The Balaban J connectivity index is 1.84. The Morgan fingerprint density at radius 2 is 2.00 bits per heavy atom. The van der Waals surface area contributed by atoms with Crippen molar-refractivity contribution in [1.82, 2.24) is 5.32 Å². The second kappa shape index (κ2) is 6.67. The molecule has 1 fully saturated rings. The van der Waals surface area contributed by atoms with E-state index in [1.807, 2.05) is 0 Å². The van der Waals surface area contributed by atoms with Gasteiger partial charge in [0, 0.05) is 22.7 Å². The third-order valence-corrected chi connectivity index (χ3v) is 5.05. The maximum atomic E-state index is 13.7. The van der Waals surface area contributed by atoms with Crippen LogP contribution in [0.4, 0.5) is 27.6 Å². The van der Waals surface area contributed by atoms with Crippen LogP contribution in [0.1, 0.15) is 16.4 Å². The third-order valence-electron chi connectivity index (χ3n) is 3.99. The van der Waals surface area contributed by atoms with Crippen LogP contribution in [0.5, 0.6) is 0 Å². The van der Waals surface area contributed by atoms with Crippen molar-refractivity contribution in [1.29, 1.82) is 0 Å². The van der Waals surface area contributed by atoms with Crippen molar-refractivity contribution in [3.05, 3.63) is 51.7 Å². The zero-order valence-electron chi connectivity index (χ0n) is 12.9. The molecule has 4 nitrogen and oxygen atoms in total. The van der Waals surface area contributed by atoms with Crippen molar-refractivity contribution < 1.29 is 31.5 Å². The number of anilines is 1. The maximum absolute atomic E-state index is 13.7. The van der Waals surface area contributed by atoms with Gasteiger partial charge in [0.05, 0.1) is 11.3 Å². The van der Waals surface area contributed by atoms with E-state index in [9.17, 15) is 31.5 Å². The van der Waals surface area contributed by atoms with E-state index in [0.29, 0.717) is 0 Å². The Morgan fingerprint density at radius 3 is 2.65 bits per heavy atom. The molecule has 0 aliphatic carbocycles. The quantitative estimate of drug-likeness (QED) is 0.623. The molecule has 0 saturated carbocycles. The highest BCUT2D eigenvalue weighted by Gasteiger charge is 2.43. The lowest BCUT2D eigenvalue weighted by atomic mass is 9.92. The lowest BCUT2D eigenvalue weighted by molar-refractivity contribution is -0.137. The number of benzene rings is 1. The molecule has 2 aromatic rings. The molecule has 26 heavy (non-hydrogen) atoms. The minimum Gasteiger partial charge on any atom is -0.355 e. The number of carbonyl (C=O) groups is 2. The topological polar surface area (TPSA) is 58.2 Å². The largest absolute Gasteiger partial charge is 0.417 e. The minimum absolute atomic E-state index is 0.0274. The summed E-state index contributed by atoms with van der Waals surface area (Å²) in [5.74, 6) is -6.25. The van der Waals surface area contributed by atoms with E-state index in [0.717, 1.165) is 34.9 Å². The van der Waals surface area contributed by atoms with Crippen molar-refractivity contribution >= 4 is 28.8 Å². The number of halogens is 5. The standard InChI is InChI=1S/C16H11F5N2O2S/c17-9-2-1-3-10(13(9)18)23-15(25)12-8(5-22-14(12)24)11-4-7(6-26-11)16(19,20)21/h1-4,6,8,12H,5H2,(H,22,24)(H,23,25)/t8-,12-/m1/s1. The van der Waals surface area contributed by atoms with Crippen molar-refractivity contribution in [3.8, 4) is 0 Å². The third kappa shape index (κ3) is 3.41. The minimum atomic E-state index is -4.53. The molecule has 0 spiro atoms. The van der Waals surface area contributed by atoms with Gasteiger partial charge in [-0.25, -0.2) is 8.78 Å². The molecule has 138 valence electrons. The summed E-state index contributed by atoms with van der Waals surface area (Å²) in [6.07, 6.45) is -4.53. The van der Waals surface area contributed by atoms with Gasteiger partial charge in [0.2, 0.25) is 11.8 Å². The molecule has 0 radical (unpaired) electrons. The van der Waals surface area contributed by atoms with Crippen molar-refractivity contribution in [2.45, 2.75) is 12.1 Å². The number of carbonyl (C=O) groups excluding carboxylic acids is 2. The SMILES string of the molecule is O=C1NC[C@H](c2cc(C(F)(F)F)cs2)[C@H]1C(=O)Nc1cccc(F)c1F. The van der Waals surface area contributed by atoms with Crippen molar-refractivity contribution in [2.75, 3.05) is 11.9 Å². The normalized spacial score (nSPS) is 20.1. The van der Waals surface area contributed by atoms with Crippen molar-refractivity contribution in [2.24, 2.45) is 5.92 Å². The molecule has 0 unspecified atom stereocenters. The summed E-state index contributed by atoms with van der Waals surface area (Å²) in [5.41, 5.74) is -1.32. The Morgan fingerprint density at radius 1 is 1.27 bits per heavy atom. The van der Waals surface area contributed by atoms with Crippen LogP contribution in [0, 0.1) is 17.6 Å². The number of amides is 2. The zero-order chi connectivity index (χ0) is 19.1. The van der Waals surface area contributed by atoms with Gasteiger partial charge in [-0.15, -0.1) is 11.3 Å². The molecule has 3 rings (SSSR count). The van der Waals surface area contributed by atoms with E-state index in [1.165, 1.54) is 6.07 Å². The van der Waals surface area contributed by atoms with Crippen LogP contribution in [0.15, 0.2) is 29.6 Å². The van der Waals surface area contributed by atoms with Crippen LogP contribution >= 0.6 is 11.3 Å². The molecule has 1 aromatic carbocycles. The average molecular weight is 390 g/mol. The van der Waals surface area contributed by atoms with Gasteiger partial charge in [-0.05, 0) is 18.2 Å². The van der Waals surface area contributed by atoms with Crippen LogP contribution in [0.3, 0.4) is 0 Å². The summed E-state index contributed by atoms with van der Waals surface area (Å²) >= 11 is 0.782. The predicted octanol–water partition coefficient (Wildman–Crippen LogP) is 3.51. The van der Waals surface area contributed by atoms with Gasteiger partial charge in [-0.3, -0.25) is 9.59 Å². The summed E-state index contributed by atoms with van der Waals surface area (Å²) in [6, 6.07) is 4.04. The van der Waals surface area contributed by atoms with Crippen LogP contribution in [-0.2, 0) is 15.8 Å². The number of rotatable bonds is 3. The Kier molecular flexibility index (Phi) is 4.70. The fourth-order valence-electron chi connectivity index (χ4n) is 2.69. The van der Waals surface area contributed by atoms with Gasteiger partial charge in [0.15, 0.2) is 11.6 Å². The van der Waals surface area contributed by atoms with Gasteiger partial charge in [-0.2, -0.15) is 13.2 Å². The Labute approximate surface area is 148 Å². The van der Waals surface area contributed by atoms with E-state index in [4.69, 9.17) is 0 Å². The van der Waals surface area contributed by atoms with Crippen LogP contribution in [-0.4, -0.2) is 18.4 Å². The second-order valence-electron chi connectivity index (χ2n) is 5.66. The van der Waals surface area contributed by atoms with Crippen molar-refractivity contribution in [3.63, 3.8) is 0 Å². The molecule has 1 aliphatic rings. The molecule has 2 atom stereocenters. The number of hydrogen-bond donors (Lipinski definition) is 2. The monoisotopic (exact) mass is 390 g/mol. The number of hydrogen-bond acceptors (Lipinski definition) is 3. The van der Waals surface area contributed by atoms with E-state index in [-0.39, 0.29) is 11.4 Å². The summed E-state index contributed by atoms with van der Waals surface area (Å²) in [7, 11) is 0. The van der Waals surface area contributed by atoms with Gasteiger partial charge >= 0.3 is 6.18 Å². The number of thiophene rings is 1. The molecule has 10 heteroatoms. The first kappa shape index (κ1) is 18.3. The zero-order valence-corrected chi connectivity index (χ0v) is 13.7. The lowest BCUT2D eigenvalue weighted by Crippen LogP contribution is -2.32. The van der Waals surface area contributed by atoms with Gasteiger partial charge in [-0.1, -0.05) is 6.07 Å². The van der Waals surface area contributed by atoms with Gasteiger partial charge in [0.1, 0.15) is 5.92 Å². The summed E-state index contributed by atoms with van der Waals surface area (Å²) in [6.45, 7) is -0.0274. The molecular formula is C16H11F5N2O2S. The highest BCUT2D eigenvalue weighted by Crippen LogP contribution is 2.39. The molecule has 2 heterocycles. The first-order chi connectivity index (χ1) is 12.2. The summed E-state index contributed by atoms with van der Waals surface area (Å²) < 4.78 is 65.2. The highest BCUT2D eigenvalue weighted by atomic mass is 32.1. The number of alkyl halides is 3. The molecule has 1 aliphatic heterocycles. The number of nitrogens with one attached hydrogen (secondary N) is 2. The smallest absolute Gasteiger partial charge is 0.355 e. The van der Waals surface area contributed by atoms with Crippen LogP contribution in [0.25, 0.3) is 0 Å². The first-order valence-corrected chi connectivity index (χ1v) is 8.24. The fraction of sp³-hybridized carbons (Fsp3) is 0.250. The van der Waals surface area contributed by atoms with Crippen LogP contribution < -0.4 is 10.6 Å². The average Bonchev–Trinajstić information content (AvgIpc) is 3.18. The fourth-order valence-corrected chi connectivity index (χ4v) is 3.75. The molecular weight excluding hydrogens is 379 g/mol. The molecule has 1 aromatic heterocycles. The van der Waals surface area contributed by atoms with E-state index in [1.54, 1.807) is 0 Å². The lowest BCUT2D eigenvalue weighted by Gasteiger charge is -2.16. The van der Waals surface area contributed by atoms with Gasteiger partial charge in [0.25, 0.3) is 0 Å². The van der Waals surface area contributed by atoms with E-state index < -0.39 is 52.7 Å². The Hall–Kier alpha value is -2.49. The molecule has 2 N–H and O–H groups in total. The van der Waals surface area contributed by atoms with E-state index in [2.05, 4.69) is 10.6 Å². The Bertz CT molecular complexity index is 865. The predicted molar refractivity (Wildman–Crippen MR) is 83.5 cm³/mol. The molecule has 0 bridgehead atoms. The first-order valence-electron chi connectivity index (χ1n) is 7.36. The molecule has 1 saturated heterocycles. The van der Waals surface area contributed by atoms with Gasteiger partial charge < -0.3 is 10.6 Å².